The Morgan fingerprint density at radius 1 is 0.692 bits per heavy atom. The summed E-state index contributed by atoms with van der Waals surface area (Å²) in [6, 6.07) is -3.12. The molecule has 0 aromatic carbocycles. The van der Waals surface area contributed by atoms with Gasteiger partial charge in [-0.3, -0.25) is 43.6 Å². The predicted octanol–water partition coefficient (Wildman–Crippen LogP) is 0.476. The highest BCUT2D eigenvalue weighted by molar-refractivity contribution is 5.80. The third kappa shape index (κ3) is 11.6. The Morgan fingerprint density at radius 2 is 1.15 bits per heavy atom. The van der Waals surface area contributed by atoms with Gasteiger partial charge in [0.2, 0.25) is 0 Å². The van der Waals surface area contributed by atoms with E-state index < -0.39 is 48.0 Å². The molecule has 13 heteroatoms. The van der Waals surface area contributed by atoms with Gasteiger partial charge in [-0.1, -0.05) is 13.8 Å². The van der Waals surface area contributed by atoms with E-state index in [9.17, 15) is 44.4 Å². The van der Waals surface area contributed by atoms with Crippen LogP contribution in [0.4, 0.5) is 0 Å². The number of carboxylic acid groups (broad SMARTS) is 4. The number of rotatable bonds is 13. The van der Waals surface area contributed by atoms with Crippen LogP contribution in [-0.2, 0) is 24.0 Å². The van der Waals surface area contributed by atoms with Gasteiger partial charge < -0.3 is 20.4 Å². The second-order valence-electron chi connectivity index (χ2n) is 10.6. The number of hydrogen-bond donors (Lipinski definition) is 4. The summed E-state index contributed by atoms with van der Waals surface area (Å²) in [5.41, 5.74) is 0. The molecule has 0 aliphatic carbocycles. The zero-order valence-electron chi connectivity index (χ0n) is 23.8. The molecule has 39 heavy (non-hydrogen) atoms. The van der Waals surface area contributed by atoms with E-state index in [2.05, 4.69) is 0 Å². The molecular weight excluding hydrogens is 512 g/mol. The molecule has 1 fully saturated rings. The largest absolute Gasteiger partial charge is 0.480 e. The maximum Gasteiger partial charge on any atom is 0.320 e. The Labute approximate surface area is 230 Å². The van der Waals surface area contributed by atoms with Gasteiger partial charge in [0.25, 0.3) is 0 Å². The van der Waals surface area contributed by atoms with Crippen molar-refractivity contribution in [1.29, 1.82) is 0 Å². The van der Waals surface area contributed by atoms with Crippen LogP contribution in [0.5, 0.6) is 0 Å². The highest BCUT2D eigenvalue weighted by atomic mass is 16.4. The molecule has 4 unspecified atom stereocenters. The Bertz CT molecular complexity index is 853. The number of nitrogens with zero attached hydrogens (tertiary/aromatic N) is 4. The van der Waals surface area contributed by atoms with Gasteiger partial charge in [0.1, 0.15) is 23.9 Å². The van der Waals surface area contributed by atoms with Gasteiger partial charge in [-0.25, -0.2) is 0 Å². The molecule has 0 aromatic heterocycles. The quantitative estimate of drug-likeness (QED) is 0.245. The molecule has 0 spiro atoms. The summed E-state index contributed by atoms with van der Waals surface area (Å²) in [5.74, 6) is -4.26. The maximum atomic E-state index is 12.3. The smallest absolute Gasteiger partial charge is 0.320 e. The van der Waals surface area contributed by atoms with E-state index in [0.717, 1.165) is 0 Å². The summed E-state index contributed by atoms with van der Waals surface area (Å²) in [6.45, 7) is 9.44. The van der Waals surface area contributed by atoms with Crippen LogP contribution < -0.4 is 0 Å². The molecule has 0 bridgehead atoms. The fourth-order valence-corrected chi connectivity index (χ4v) is 4.80. The normalized spacial score (nSPS) is 21.8. The molecule has 4 N–H and O–H groups in total. The summed E-state index contributed by atoms with van der Waals surface area (Å²) in [4.78, 5) is 66.5. The number of Topliss-reactive ketones (excluding diaryl/α,β-unsaturated/α-hetero) is 1. The fraction of sp³-hybridized carbons (Fsp3) is 0.808. The summed E-state index contributed by atoms with van der Waals surface area (Å²) < 4.78 is 0. The second-order valence-corrected chi connectivity index (χ2v) is 10.6. The van der Waals surface area contributed by atoms with E-state index in [1.807, 2.05) is 13.8 Å². The van der Waals surface area contributed by atoms with Gasteiger partial charge in [-0.2, -0.15) is 0 Å². The average molecular weight is 559 g/mol. The minimum atomic E-state index is -1.06. The van der Waals surface area contributed by atoms with E-state index in [0.29, 0.717) is 19.3 Å². The van der Waals surface area contributed by atoms with E-state index >= 15 is 0 Å². The lowest BCUT2D eigenvalue weighted by molar-refractivity contribution is -0.147. The van der Waals surface area contributed by atoms with Crippen molar-refractivity contribution < 1.29 is 44.4 Å². The van der Waals surface area contributed by atoms with Crippen molar-refractivity contribution in [1.82, 2.24) is 19.6 Å². The first-order chi connectivity index (χ1) is 18.1. The molecule has 1 aliphatic heterocycles. The standard InChI is InChI=1S/C26H46N4O9/c1-17(2)22(31)8-6-7-21-15-27(16-23(32)33)9-10-28(18(3)24(34)35)11-12-29(19(4)25(36)37)13-14-30(21)20(5)26(38)39/h17-21H,6-16H2,1-5H3,(H,32,33)(H,34,35)(H,36,37)(H,38,39). The number of carbonyl (C=O) groups excluding carboxylic acids is 1. The first-order valence-electron chi connectivity index (χ1n) is 13.5. The summed E-state index contributed by atoms with van der Waals surface area (Å²) in [7, 11) is 0. The maximum absolute atomic E-state index is 12.3. The number of carboxylic acids is 4. The van der Waals surface area contributed by atoms with Gasteiger partial charge >= 0.3 is 23.9 Å². The topological polar surface area (TPSA) is 179 Å². The molecular formula is C26H46N4O9. The minimum Gasteiger partial charge on any atom is -0.480 e. The lowest BCUT2D eigenvalue weighted by Gasteiger charge is -2.41. The van der Waals surface area contributed by atoms with Crippen molar-refractivity contribution in [2.45, 2.75) is 78.0 Å². The van der Waals surface area contributed by atoms with Crippen molar-refractivity contribution in [2.24, 2.45) is 5.92 Å². The molecule has 224 valence electrons. The Morgan fingerprint density at radius 3 is 1.59 bits per heavy atom. The number of ketones is 1. The van der Waals surface area contributed by atoms with Crippen LogP contribution in [0.3, 0.4) is 0 Å². The highest BCUT2D eigenvalue weighted by Crippen LogP contribution is 2.18. The van der Waals surface area contributed by atoms with Crippen LogP contribution in [0.25, 0.3) is 0 Å². The first-order valence-corrected chi connectivity index (χ1v) is 13.5. The number of hydrogen-bond acceptors (Lipinski definition) is 9. The summed E-state index contributed by atoms with van der Waals surface area (Å²) in [5, 5.41) is 38.7. The molecule has 1 rings (SSSR count). The summed E-state index contributed by atoms with van der Waals surface area (Å²) >= 11 is 0. The van der Waals surface area contributed by atoms with Crippen molar-refractivity contribution in [2.75, 3.05) is 52.4 Å². The lowest BCUT2D eigenvalue weighted by atomic mass is 9.99. The first kappa shape index (κ1) is 34.4. The van der Waals surface area contributed by atoms with Crippen molar-refractivity contribution in [3.8, 4) is 0 Å². The molecule has 0 aromatic rings. The Balaban J connectivity index is 3.44. The number of carbonyl (C=O) groups is 5. The van der Waals surface area contributed by atoms with E-state index in [1.165, 1.54) is 13.8 Å². The van der Waals surface area contributed by atoms with Gasteiger partial charge in [0, 0.05) is 64.2 Å². The van der Waals surface area contributed by atoms with E-state index in [4.69, 9.17) is 0 Å². The van der Waals surface area contributed by atoms with Gasteiger partial charge in [0.15, 0.2) is 0 Å². The van der Waals surface area contributed by atoms with Crippen LogP contribution in [0, 0.1) is 5.92 Å². The average Bonchev–Trinajstić information content (AvgIpc) is 2.84. The Hall–Kier alpha value is -2.61. The molecule has 1 saturated heterocycles. The minimum absolute atomic E-state index is 0.0862. The molecule has 0 amide bonds. The predicted molar refractivity (Wildman–Crippen MR) is 143 cm³/mol. The molecule has 4 atom stereocenters. The SMILES string of the molecule is CC(C)C(=O)CCCC1CN(CC(=O)O)CCN(C(C)C(=O)O)CCN(C(C)C(=O)O)CCN1C(C)C(=O)O. The zero-order chi connectivity index (χ0) is 29.9. The van der Waals surface area contributed by atoms with Crippen LogP contribution in [-0.4, -0.2) is 146 Å². The van der Waals surface area contributed by atoms with Crippen LogP contribution in [0.1, 0.15) is 53.9 Å². The number of aliphatic carboxylic acids is 4. The Kier molecular flexibility index (Phi) is 14.5. The molecule has 0 radical (unpaired) electrons. The van der Waals surface area contributed by atoms with Crippen LogP contribution >= 0.6 is 0 Å². The van der Waals surface area contributed by atoms with Crippen molar-refractivity contribution in [3.63, 3.8) is 0 Å². The zero-order valence-corrected chi connectivity index (χ0v) is 23.8. The molecule has 1 heterocycles. The lowest BCUT2D eigenvalue weighted by Crippen LogP contribution is -2.57. The monoisotopic (exact) mass is 558 g/mol. The molecule has 0 saturated carbocycles. The molecule has 1 aliphatic rings. The van der Waals surface area contributed by atoms with Gasteiger partial charge in [-0.15, -0.1) is 0 Å². The third-order valence-electron chi connectivity index (χ3n) is 7.59. The van der Waals surface area contributed by atoms with Gasteiger partial charge in [-0.05, 0) is 33.6 Å². The second kappa shape index (κ2) is 16.5. The fourth-order valence-electron chi connectivity index (χ4n) is 4.80. The highest BCUT2D eigenvalue weighted by Gasteiger charge is 2.33. The van der Waals surface area contributed by atoms with Gasteiger partial charge in [0.05, 0.1) is 6.54 Å². The molecule has 13 nitrogen and oxygen atoms in total. The van der Waals surface area contributed by atoms with Crippen molar-refractivity contribution in [3.05, 3.63) is 0 Å². The third-order valence-corrected chi connectivity index (χ3v) is 7.59. The van der Waals surface area contributed by atoms with Crippen LogP contribution in [0.2, 0.25) is 0 Å². The van der Waals surface area contributed by atoms with Crippen molar-refractivity contribution >= 4 is 29.7 Å². The van der Waals surface area contributed by atoms with Crippen LogP contribution in [0.15, 0.2) is 0 Å². The van der Waals surface area contributed by atoms with E-state index in [-0.39, 0.29) is 64.1 Å². The summed E-state index contributed by atoms with van der Waals surface area (Å²) in [6.07, 6.45) is 1.24. The van der Waals surface area contributed by atoms with E-state index in [1.54, 1.807) is 26.5 Å².